The fraction of sp³-hybridized carbons (Fsp3) is 0.667. The number of hydrogen-bond donors (Lipinski definition) is 1. The molecule has 106 valence electrons. The van der Waals surface area contributed by atoms with Crippen LogP contribution < -0.4 is 0 Å². The zero-order chi connectivity index (χ0) is 14.0. The smallest absolute Gasteiger partial charge is 0.309 e. The van der Waals surface area contributed by atoms with Gasteiger partial charge in [-0.05, 0) is 12.8 Å². The first-order valence-electron chi connectivity index (χ1n) is 6.11. The zero-order valence-electron chi connectivity index (χ0n) is 10.6. The number of nitrogens with zero attached hydrogens (tertiary/aromatic N) is 2. The molecular weight excluding hydrogens is 258 g/mol. The van der Waals surface area contributed by atoms with E-state index in [9.17, 15) is 13.6 Å². The van der Waals surface area contributed by atoms with Gasteiger partial charge < -0.3 is 9.84 Å². The maximum atomic E-state index is 14.0. The Labute approximate surface area is 109 Å². The first-order chi connectivity index (χ1) is 8.90. The molecule has 5 nitrogen and oxygen atoms in total. The summed E-state index contributed by atoms with van der Waals surface area (Å²) in [7, 11) is 1.56. The van der Waals surface area contributed by atoms with Crippen LogP contribution in [0, 0.1) is 0 Å². The molecule has 1 aromatic rings. The highest BCUT2D eigenvalue weighted by molar-refractivity contribution is 5.68. The molecule has 0 aromatic carbocycles. The molecule has 19 heavy (non-hydrogen) atoms. The molecule has 1 aliphatic rings. The van der Waals surface area contributed by atoms with Gasteiger partial charge in [0.25, 0.3) is 5.92 Å². The molecule has 1 aliphatic heterocycles. The van der Waals surface area contributed by atoms with Crippen LogP contribution in [0.3, 0.4) is 0 Å². The number of carboxylic acids is 1. The van der Waals surface area contributed by atoms with Crippen LogP contribution in [0.25, 0.3) is 0 Å². The largest absolute Gasteiger partial charge is 0.481 e. The molecule has 1 fully saturated rings. The van der Waals surface area contributed by atoms with E-state index in [1.54, 1.807) is 7.05 Å². The third-order valence-corrected chi connectivity index (χ3v) is 3.23. The molecule has 0 radical (unpaired) electrons. The first kappa shape index (κ1) is 13.9. The highest BCUT2D eigenvalue weighted by atomic mass is 19.3. The fourth-order valence-electron chi connectivity index (χ4n) is 2.35. The van der Waals surface area contributed by atoms with Crippen LogP contribution in [-0.2, 0) is 22.5 Å². The molecule has 1 aromatic heterocycles. The van der Waals surface area contributed by atoms with Crippen molar-refractivity contribution < 1.29 is 23.4 Å². The van der Waals surface area contributed by atoms with E-state index in [4.69, 9.17) is 9.84 Å². The minimum Gasteiger partial charge on any atom is -0.481 e. The Morgan fingerprint density at radius 2 is 2.21 bits per heavy atom. The first-order valence-corrected chi connectivity index (χ1v) is 6.11. The Bertz CT molecular complexity index is 468. The normalized spacial score (nSPS) is 17.6. The lowest BCUT2D eigenvalue weighted by molar-refractivity contribution is -0.145. The van der Waals surface area contributed by atoms with Crippen LogP contribution in [0.15, 0.2) is 6.20 Å². The van der Waals surface area contributed by atoms with E-state index in [1.165, 1.54) is 10.9 Å². The van der Waals surface area contributed by atoms with Gasteiger partial charge in [0, 0.05) is 32.4 Å². The Morgan fingerprint density at radius 3 is 2.79 bits per heavy atom. The quantitative estimate of drug-likeness (QED) is 0.910. The molecule has 0 aliphatic carbocycles. The van der Waals surface area contributed by atoms with Crippen molar-refractivity contribution in [1.29, 1.82) is 0 Å². The second kappa shape index (κ2) is 5.24. The molecule has 0 saturated carbocycles. The molecular formula is C12H16F2N2O3. The van der Waals surface area contributed by atoms with Crippen molar-refractivity contribution in [3.8, 4) is 0 Å². The van der Waals surface area contributed by atoms with Gasteiger partial charge in [0.2, 0.25) is 0 Å². The minimum absolute atomic E-state index is 0.0929. The van der Waals surface area contributed by atoms with Crippen LogP contribution in [-0.4, -0.2) is 34.1 Å². The third kappa shape index (κ3) is 3.09. The number of aryl methyl sites for hydroxylation is 1. The van der Waals surface area contributed by atoms with Crippen LogP contribution in [0.1, 0.15) is 36.4 Å². The van der Waals surface area contributed by atoms with Crippen molar-refractivity contribution in [2.24, 2.45) is 7.05 Å². The van der Waals surface area contributed by atoms with Gasteiger partial charge in [-0.1, -0.05) is 0 Å². The maximum Gasteiger partial charge on any atom is 0.309 e. The highest BCUT2D eigenvalue weighted by Crippen LogP contribution is 2.38. The number of hydrogen-bond acceptors (Lipinski definition) is 3. The van der Waals surface area contributed by atoms with Crippen LogP contribution in [0.4, 0.5) is 8.78 Å². The van der Waals surface area contributed by atoms with Gasteiger partial charge in [0.15, 0.2) is 0 Å². The van der Waals surface area contributed by atoms with E-state index in [0.717, 1.165) is 0 Å². The molecule has 0 bridgehead atoms. The van der Waals surface area contributed by atoms with Gasteiger partial charge in [0.1, 0.15) is 6.42 Å². The van der Waals surface area contributed by atoms with Gasteiger partial charge >= 0.3 is 5.97 Å². The molecule has 2 rings (SSSR count). The second-order valence-electron chi connectivity index (χ2n) is 4.76. The summed E-state index contributed by atoms with van der Waals surface area (Å²) in [5, 5.41) is 12.7. The monoisotopic (exact) mass is 274 g/mol. The zero-order valence-corrected chi connectivity index (χ0v) is 10.6. The Kier molecular flexibility index (Phi) is 3.84. The van der Waals surface area contributed by atoms with E-state index in [1.807, 2.05) is 0 Å². The maximum absolute atomic E-state index is 14.0. The van der Waals surface area contributed by atoms with Crippen LogP contribution >= 0.6 is 0 Å². The molecule has 0 unspecified atom stereocenters. The summed E-state index contributed by atoms with van der Waals surface area (Å²) in [4.78, 5) is 10.6. The Morgan fingerprint density at radius 1 is 1.58 bits per heavy atom. The van der Waals surface area contributed by atoms with Gasteiger partial charge in [-0.2, -0.15) is 5.10 Å². The number of aromatic nitrogens is 2. The van der Waals surface area contributed by atoms with E-state index < -0.39 is 18.3 Å². The second-order valence-corrected chi connectivity index (χ2v) is 4.76. The van der Waals surface area contributed by atoms with Crippen molar-refractivity contribution >= 4 is 5.97 Å². The Hall–Kier alpha value is -1.50. The van der Waals surface area contributed by atoms with E-state index in [2.05, 4.69) is 5.10 Å². The van der Waals surface area contributed by atoms with Gasteiger partial charge in [-0.25, -0.2) is 8.78 Å². The number of ether oxygens (including phenoxy) is 1. The highest BCUT2D eigenvalue weighted by Gasteiger charge is 2.40. The summed E-state index contributed by atoms with van der Waals surface area (Å²) in [5.74, 6) is -5.01. The van der Waals surface area contributed by atoms with E-state index in [-0.39, 0.29) is 11.5 Å². The summed E-state index contributed by atoms with van der Waals surface area (Å²) in [6.45, 7) is 1.04. The average molecular weight is 274 g/mol. The van der Waals surface area contributed by atoms with Gasteiger partial charge in [-0.3, -0.25) is 9.48 Å². The van der Waals surface area contributed by atoms with Crippen molar-refractivity contribution in [1.82, 2.24) is 9.78 Å². The average Bonchev–Trinajstić information content (AvgIpc) is 2.72. The van der Waals surface area contributed by atoms with Crippen LogP contribution in [0.5, 0.6) is 0 Å². The predicted molar refractivity (Wildman–Crippen MR) is 62.1 cm³/mol. The van der Waals surface area contributed by atoms with Crippen LogP contribution in [0.2, 0.25) is 0 Å². The lowest BCUT2D eigenvalue weighted by Crippen LogP contribution is -2.22. The summed E-state index contributed by atoms with van der Waals surface area (Å²) >= 11 is 0. The van der Waals surface area contributed by atoms with Crippen molar-refractivity contribution in [2.75, 3.05) is 13.2 Å². The van der Waals surface area contributed by atoms with E-state index >= 15 is 0 Å². The number of aliphatic carboxylic acids is 1. The molecule has 2 heterocycles. The lowest BCUT2D eigenvalue weighted by atomic mass is 9.91. The summed E-state index contributed by atoms with van der Waals surface area (Å²) in [6, 6.07) is 0. The fourth-order valence-corrected chi connectivity index (χ4v) is 2.35. The number of halogens is 2. The van der Waals surface area contributed by atoms with Crippen molar-refractivity contribution in [3.05, 3.63) is 17.5 Å². The number of alkyl halides is 2. The number of carboxylic acid groups (broad SMARTS) is 1. The molecule has 0 atom stereocenters. The molecule has 0 amide bonds. The van der Waals surface area contributed by atoms with E-state index in [0.29, 0.717) is 31.7 Å². The molecule has 0 spiro atoms. The minimum atomic E-state index is -3.40. The van der Waals surface area contributed by atoms with Gasteiger partial charge in [-0.15, -0.1) is 0 Å². The lowest BCUT2D eigenvalue weighted by Gasteiger charge is -2.23. The molecule has 1 saturated heterocycles. The predicted octanol–water partition coefficient (Wildman–Crippen LogP) is 1.88. The third-order valence-electron chi connectivity index (χ3n) is 3.23. The summed E-state index contributed by atoms with van der Waals surface area (Å²) < 4.78 is 34.5. The SMILES string of the molecule is Cn1cc(C(F)(F)CC(=O)O)c(C2CCOCC2)n1. The Balaban J connectivity index is 2.31. The summed E-state index contributed by atoms with van der Waals surface area (Å²) in [5.41, 5.74) is 0.0290. The number of carbonyl (C=O) groups is 1. The van der Waals surface area contributed by atoms with Crippen molar-refractivity contribution in [2.45, 2.75) is 31.1 Å². The van der Waals surface area contributed by atoms with Crippen molar-refractivity contribution in [3.63, 3.8) is 0 Å². The molecule has 7 heteroatoms. The summed E-state index contributed by atoms with van der Waals surface area (Å²) in [6.07, 6.45) is 1.27. The molecule has 1 N–H and O–H groups in total. The van der Waals surface area contributed by atoms with Gasteiger partial charge in [0.05, 0.1) is 11.3 Å². The topological polar surface area (TPSA) is 64.4 Å². The number of rotatable bonds is 4. The standard InChI is InChI=1S/C12H16F2N2O3/c1-16-7-9(12(13,14)6-10(17)18)11(15-16)8-2-4-19-5-3-8/h7-8H,2-6H2,1H3,(H,17,18).